The summed E-state index contributed by atoms with van der Waals surface area (Å²) in [6, 6.07) is 27.1. The van der Waals surface area contributed by atoms with E-state index in [-0.39, 0.29) is 107 Å². The number of hydrogen-bond donors (Lipinski definition) is 3. The third-order valence-corrected chi connectivity index (χ3v) is 13.9. The van der Waals surface area contributed by atoms with Crippen LogP contribution in [0.2, 0.25) is 0 Å². The Bertz CT molecular complexity index is 2680. The Morgan fingerprint density at radius 1 is 0.740 bits per heavy atom. The zero-order valence-electron chi connectivity index (χ0n) is 41.3. The normalized spacial score (nSPS) is 15.2. The van der Waals surface area contributed by atoms with Crippen molar-refractivity contribution < 1.29 is 47.3 Å². The summed E-state index contributed by atoms with van der Waals surface area (Å²) in [5.41, 5.74) is 11.3. The lowest BCUT2D eigenvalue weighted by molar-refractivity contribution is -0.133. The minimum absolute atomic E-state index is 0.0704. The van der Waals surface area contributed by atoms with Crippen LogP contribution in [0.15, 0.2) is 95.8 Å². The molecule has 0 spiro atoms. The minimum Gasteiger partial charge on any atom is -0.448 e. The van der Waals surface area contributed by atoms with Gasteiger partial charge >= 0.3 is 6.09 Å². The van der Waals surface area contributed by atoms with Crippen molar-refractivity contribution in [2.75, 3.05) is 105 Å². The van der Waals surface area contributed by atoms with Crippen LogP contribution in [0.1, 0.15) is 70.8 Å². The molecule has 18 heteroatoms. The van der Waals surface area contributed by atoms with Crippen LogP contribution in [-0.4, -0.2) is 160 Å². The van der Waals surface area contributed by atoms with E-state index in [1.807, 2.05) is 42.5 Å². The van der Waals surface area contributed by atoms with E-state index in [1.165, 1.54) is 28.4 Å². The zero-order chi connectivity index (χ0) is 50.9. The molecule has 2 fully saturated rings. The summed E-state index contributed by atoms with van der Waals surface area (Å²) < 4.78 is 43.9. The molecule has 1 aromatic heterocycles. The van der Waals surface area contributed by atoms with E-state index in [0.29, 0.717) is 61.6 Å². The first-order valence-corrected chi connectivity index (χ1v) is 25.4. The van der Waals surface area contributed by atoms with Crippen molar-refractivity contribution >= 4 is 34.6 Å². The fourth-order valence-corrected chi connectivity index (χ4v) is 9.87. The van der Waals surface area contributed by atoms with Gasteiger partial charge in [0.25, 0.3) is 11.5 Å². The molecule has 388 valence electrons. The number of ether oxygens (including phenoxy) is 5. The molecule has 73 heavy (non-hydrogen) atoms. The van der Waals surface area contributed by atoms with Gasteiger partial charge in [-0.1, -0.05) is 92.1 Å². The van der Waals surface area contributed by atoms with Gasteiger partial charge in [0.05, 0.1) is 75.5 Å². The SMILES string of the molecule is NC(C(=O)NCCOCCOCCOCCOCCN(CC(=O)N1CCN(C(=O)c2cc(Cc3n[nH]c(=O)c4ccccc34)ccc2F)CC1)C(=O)OCC1c2ccccc2-c2ccccc21)C1CCCCC1. The predicted molar refractivity (Wildman–Crippen MR) is 272 cm³/mol. The number of hydrogen-bond acceptors (Lipinski definition) is 12. The van der Waals surface area contributed by atoms with Crippen molar-refractivity contribution in [2.24, 2.45) is 11.7 Å². The summed E-state index contributed by atoms with van der Waals surface area (Å²) >= 11 is 0. The van der Waals surface area contributed by atoms with E-state index < -0.39 is 23.9 Å². The summed E-state index contributed by atoms with van der Waals surface area (Å²) in [5.74, 6) is -1.55. The first kappa shape index (κ1) is 52.7. The number of benzene rings is 4. The fourth-order valence-electron chi connectivity index (χ4n) is 9.87. The van der Waals surface area contributed by atoms with Crippen LogP contribution in [0.25, 0.3) is 21.9 Å². The number of nitrogens with zero attached hydrogens (tertiary/aromatic N) is 4. The number of aromatic nitrogens is 2. The molecular weight excluding hydrogens is 938 g/mol. The molecule has 5 aromatic rings. The van der Waals surface area contributed by atoms with Crippen molar-refractivity contribution in [1.29, 1.82) is 0 Å². The first-order chi connectivity index (χ1) is 35.7. The van der Waals surface area contributed by atoms with E-state index in [2.05, 4.69) is 27.6 Å². The summed E-state index contributed by atoms with van der Waals surface area (Å²) in [7, 11) is 0. The van der Waals surface area contributed by atoms with Crippen LogP contribution in [0.4, 0.5) is 9.18 Å². The third kappa shape index (κ3) is 13.9. The highest BCUT2D eigenvalue weighted by Crippen LogP contribution is 2.44. The quantitative estimate of drug-likeness (QED) is 0.0676. The summed E-state index contributed by atoms with van der Waals surface area (Å²) in [6.45, 7) is 3.39. The first-order valence-electron chi connectivity index (χ1n) is 25.4. The number of carbonyl (C=O) groups excluding carboxylic acids is 4. The van der Waals surface area contributed by atoms with E-state index in [1.54, 1.807) is 29.2 Å². The Morgan fingerprint density at radius 3 is 2.00 bits per heavy atom. The van der Waals surface area contributed by atoms with Gasteiger partial charge in [-0.05, 0) is 64.8 Å². The molecule has 4 aromatic carbocycles. The second-order valence-electron chi connectivity index (χ2n) is 18.6. The average molecular weight is 1000 g/mol. The number of fused-ring (bicyclic) bond motifs is 4. The Balaban J connectivity index is 0.775. The molecule has 0 radical (unpaired) electrons. The van der Waals surface area contributed by atoms with Crippen LogP contribution >= 0.6 is 0 Å². The van der Waals surface area contributed by atoms with Crippen LogP contribution in [0, 0.1) is 11.7 Å². The van der Waals surface area contributed by atoms with E-state index in [0.717, 1.165) is 47.9 Å². The number of amides is 4. The molecule has 1 aliphatic heterocycles. The van der Waals surface area contributed by atoms with Crippen LogP contribution < -0.4 is 16.6 Å². The van der Waals surface area contributed by atoms with Gasteiger partial charge in [0, 0.05) is 57.0 Å². The molecule has 4 amide bonds. The second kappa shape index (κ2) is 26.4. The molecule has 1 unspecified atom stereocenters. The van der Waals surface area contributed by atoms with Crippen LogP contribution in [0.5, 0.6) is 0 Å². The highest BCUT2D eigenvalue weighted by atomic mass is 19.1. The molecule has 1 saturated heterocycles. The second-order valence-corrected chi connectivity index (χ2v) is 18.6. The molecule has 1 atom stereocenters. The Labute approximate surface area is 424 Å². The predicted octanol–water partition coefficient (Wildman–Crippen LogP) is 5.28. The lowest BCUT2D eigenvalue weighted by atomic mass is 9.84. The molecule has 4 N–H and O–H groups in total. The van der Waals surface area contributed by atoms with Gasteiger partial charge in [0.15, 0.2) is 0 Å². The molecule has 17 nitrogen and oxygen atoms in total. The highest BCUT2D eigenvalue weighted by molar-refractivity contribution is 5.95. The largest absolute Gasteiger partial charge is 0.448 e. The van der Waals surface area contributed by atoms with Gasteiger partial charge in [-0.25, -0.2) is 14.3 Å². The van der Waals surface area contributed by atoms with E-state index in [9.17, 15) is 24.0 Å². The zero-order valence-corrected chi connectivity index (χ0v) is 41.3. The monoisotopic (exact) mass is 1000 g/mol. The number of rotatable bonds is 24. The molecular formula is C55H66FN7O10. The van der Waals surface area contributed by atoms with Crippen molar-refractivity contribution in [1.82, 2.24) is 30.2 Å². The van der Waals surface area contributed by atoms with Crippen LogP contribution in [-0.2, 0) is 39.7 Å². The maximum Gasteiger partial charge on any atom is 0.410 e. The maximum atomic E-state index is 15.2. The molecule has 0 bridgehead atoms. The summed E-state index contributed by atoms with van der Waals surface area (Å²) in [5, 5.41) is 10.8. The maximum absolute atomic E-state index is 15.2. The molecule has 2 heterocycles. The Hall–Kier alpha value is -6.57. The number of nitrogens with one attached hydrogen (secondary N) is 2. The smallest absolute Gasteiger partial charge is 0.410 e. The third-order valence-electron chi connectivity index (χ3n) is 13.9. The van der Waals surface area contributed by atoms with E-state index in [4.69, 9.17) is 29.4 Å². The van der Waals surface area contributed by atoms with Crippen molar-refractivity contribution in [3.05, 3.63) is 135 Å². The number of nitrogens with two attached hydrogens (primary N) is 1. The molecule has 1 saturated carbocycles. The molecule has 3 aliphatic rings. The van der Waals surface area contributed by atoms with Gasteiger partial charge in [-0.3, -0.25) is 24.1 Å². The lowest BCUT2D eigenvalue weighted by Crippen LogP contribution is -2.53. The lowest BCUT2D eigenvalue weighted by Gasteiger charge is -2.36. The Morgan fingerprint density at radius 2 is 1.33 bits per heavy atom. The van der Waals surface area contributed by atoms with Crippen molar-refractivity contribution in [2.45, 2.75) is 50.5 Å². The van der Waals surface area contributed by atoms with Gasteiger partial charge in [-0.15, -0.1) is 0 Å². The van der Waals surface area contributed by atoms with Gasteiger partial charge < -0.3 is 44.5 Å². The fraction of sp³-hybridized carbons (Fsp3) is 0.455. The van der Waals surface area contributed by atoms with Crippen molar-refractivity contribution in [3.63, 3.8) is 0 Å². The summed E-state index contributed by atoms with van der Waals surface area (Å²) in [6.07, 6.45) is 5.09. The number of H-pyrrole nitrogens is 1. The molecule has 8 rings (SSSR count). The van der Waals surface area contributed by atoms with E-state index >= 15 is 4.39 Å². The molecule has 2 aliphatic carbocycles. The Kier molecular flexibility index (Phi) is 19.1. The topological polar surface area (TPSA) is 208 Å². The highest BCUT2D eigenvalue weighted by Gasteiger charge is 2.32. The van der Waals surface area contributed by atoms with Crippen LogP contribution in [0.3, 0.4) is 0 Å². The number of aromatic amines is 1. The number of piperazine rings is 1. The summed E-state index contributed by atoms with van der Waals surface area (Å²) in [4.78, 5) is 70.6. The standard InChI is InChI=1S/C55H66FN7O10/c56-48-19-18-38(35-49-44-16-8-9-17-45(44)52(65)60-59-49)34-46(48)54(67)62-23-21-61(22-24-62)50(64)36-63(55(68)73-37-47-42-14-6-4-12-40(42)41-13-5-7-15-43(41)47)25-27-70-29-31-72-33-32-71-30-28-69-26-20-58-53(66)51(57)39-10-2-1-3-11-39/h4-9,12-19,34,39,47,51H,1-3,10-11,20-33,35-37,57H2,(H,58,66)(H,60,65). The number of carbonyl (C=O) groups is 4. The van der Waals surface area contributed by atoms with Gasteiger partial charge in [0.1, 0.15) is 19.0 Å². The van der Waals surface area contributed by atoms with Gasteiger partial charge in [0.2, 0.25) is 11.8 Å². The minimum atomic E-state index is -0.670. The van der Waals surface area contributed by atoms with Gasteiger partial charge in [-0.2, -0.15) is 5.10 Å². The average Bonchev–Trinajstić information content (AvgIpc) is 3.75. The number of halogens is 1. The van der Waals surface area contributed by atoms with Crippen molar-refractivity contribution in [3.8, 4) is 11.1 Å².